The van der Waals surface area contributed by atoms with Gasteiger partial charge in [0.2, 0.25) is 5.91 Å². The fraction of sp³-hybridized carbons (Fsp3) is 0.118. The van der Waals surface area contributed by atoms with Crippen LogP contribution in [0.25, 0.3) is 0 Å². The highest BCUT2D eigenvalue weighted by molar-refractivity contribution is 6.01. The zero-order valence-corrected chi connectivity index (χ0v) is 14.2. The summed E-state index contributed by atoms with van der Waals surface area (Å²) in [5.41, 5.74) is -0.144. The number of pyridine rings is 1. The van der Waals surface area contributed by atoms with Crippen LogP contribution in [0.15, 0.2) is 42.6 Å². The molecule has 2 rings (SSSR count). The van der Waals surface area contributed by atoms with Crippen molar-refractivity contribution < 1.29 is 24.4 Å². The lowest BCUT2D eigenvalue weighted by Gasteiger charge is -2.16. The SMILES string of the molecule is N#CC[C@H](NC(=O)c1ccc([N+](=O)[O-])cc1)C(=O)Nc1ccc(C(=O)O)nc1. The van der Waals surface area contributed by atoms with Crippen molar-refractivity contribution in [3.8, 4) is 6.07 Å². The lowest BCUT2D eigenvalue weighted by atomic mass is 10.1. The van der Waals surface area contributed by atoms with Gasteiger partial charge in [-0.3, -0.25) is 19.7 Å². The van der Waals surface area contributed by atoms with Gasteiger partial charge in [0.1, 0.15) is 11.7 Å². The minimum Gasteiger partial charge on any atom is -0.477 e. The number of non-ortho nitro benzene ring substituents is 1. The van der Waals surface area contributed by atoms with Gasteiger partial charge >= 0.3 is 5.97 Å². The molecule has 0 aliphatic carbocycles. The molecule has 0 unspecified atom stereocenters. The van der Waals surface area contributed by atoms with Gasteiger partial charge < -0.3 is 15.7 Å². The fourth-order valence-corrected chi connectivity index (χ4v) is 2.10. The van der Waals surface area contributed by atoms with Crippen LogP contribution in [0.3, 0.4) is 0 Å². The summed E-state index contributed by atoms with van der Waals surface area (Å²) in [4.78, 5) is 49.0. The van der Waals surface area contributed by atoms with Crippen LogP contribution in [0, 0.1) is 21.4 Å². The maximum atomic E-state index is 12.3. The predicted molar refractivity (Wildman–Crippen MR) is 94.4 cm³/mol. The minimum absolute atomic E-state index is 0.0776. The van der Waals surface area contributed by atoms with E-state index in [2.05, 4.69) is 15.6 Å². The first kappa shape index (κ1) is 20.0. The molecule has 2 amide bonds. The molecule has 1 atom stereocenters. The van der Waals surface area contributed by atoms with Gasteiger partial charge in [-0.25, -0.2) is 9.78 Å². The summed E-state index contributed by atoms with van der Waals surface area (Å²) in [7, 11) is 0. The number of carboxylic acid groups (broad SMARTS) is 1. The number of nitro groups is 1. The molecular weight excluding hydrogens is 370 g/mol. The number of carbonyl (C=O) groups excluding carboxylic acids is 2. The molecule has 1 aromatic heterocycles. The summed E-state index contributed by atoms with van der Waals surface area (Å²) in [5, 5.41) is 33.1. The van der Waals surface area contributed by atoms with E-state index >= 15 is 0 Å². The molecule has 3 N–H and O–H groups in total. The molecule has 1 aromatic carbocycles. The largest absolute Gasteiger partial charge is 0.477 e. The number of carbonyl (C=O) groups is 3. The summed E-state index contributed by atoms with van der Waals surface area (Å²) in [6.45, 7) is 0. The average Bonchev–Trinajstić information content (AvgIpc) is 2.68. The average molecular weight is 383 g/mol. The molecule has 142 valence electrons. The van der Waals surface area contributed by atoms with E-state index in [1.807, 2.05) is 0 Å². The second-order valence-electron chi connectivity index (χ2n) is 5.42. The van der Waals surface area contributed by atoms with Gasteiger partial charge in [0.05, 0.1) is 29.3 Å². The Kier molecular flexibility index (Phi) is 6.32. The molecule has 0 aliphatic rings. The van der Waals surface area contributed by atoms with E-state index in [0.29, 0.717) is 0 Å². The Morgan fingerprint density at radius 2 is 1.89 bits per heavy atom. The Balaban J connectivity index is 2.07. The van der Waals surface area contributed by atoms with Crippen LogP contribution in [0.5, 0.6) is 0 Å². The lowest BCUT2D eigenvalue weighted by molar-refractivity contribution is -0.384. The molecule has 0 saturated carbocycles. The van der Waals surface area contributed by atoms with Crippen molar-refractivity contribution in [2.24, 2.45) is 0 Å². The van der Waals surface area contributed by atoms with E-state index in [-0.39, 0.29) is 29.1 Å². The number of rotatable bonds is 7. The highest BCUT2D eigenvalue weighted by atomic mass is 16.6. The zero-order chi connectivity index (χ0) is 20.7. The minimum atomic E-state index is -1.23. The van der Waals surface area contributed by atoms with Gasteiger partial charge in [0.15, 0.2) is 0 Å². The van der Waals surface area contributed by atoms with Gasteiger partial charge in [-0.2, -0.15) is 5.26 Å². The number of nitriles is 1. The summed E-state index contributed by atoms with van der Waals surface area (Å²) < 4.78 is 0. The van der Waals surface area contributed by atoms with Crippen LogP contribution < -0.4 is 10.6 Å². The highest BCUT2D eigenvalue weighted by Gasteiger charge is 2.22. The number of carboxylic acids is 1. The summed E-state index contributed by atoms with van der Waals surface area (Å²) in [6, 6.07) is 7.82. The predicted octanol–water partition coefficient (Wildman–Crippen LogP) is 1.34. The Bertz CT molecular complexity index is 949. The molecule has 0 saturated heterocycles. The van der Waals surface area contributed by atoms with Gasteiger partial charge in [0, 0.05) is 17.7 Å². The summed E-state index contributed by atoms with van der Waals surface area (Å²) in [6.07, 6.45) is 0.800. The number of benzene rings is 1. The first-order valence-electron chi connectivity index (χ1n) is 7.74. The van der Waals surface area contributed by atoms with Crippen LogP contribution in [0.4, 0.5) is 11.4 Å². The van der Waals surface area contributed by atoms with E-state index in [0.717, 1.165) is 18.3 Å². The Labute approximate surface area is 157 Å². The Morgan fingerprint density at radius 3 is 2.39 bits per heavy atom. The van der Waals surface area contributed by atoms with Crippen LogP contribution in [0.1, 0.15) is 27.3 Å². The highest BCUT2D eigenvalue weighted by Crippen LogP contribution is 2.13. The lowest BCUT2D eigenvalue weighted by Crippen LogP contribution is -2.43. The molecule has 2 aromatic rings. The van der Waals surface area contributed by atoms with Gasteiger partial charge in [-0.05, 0) is 24.3 Å². The third-order valence-corrected chi connectivity index (χ3v) is 3.51. The quantitative estimate of drug-likeness (QED) is 0.474. The number of nitrogens with zero attached hydrogens (tertiary/aromatic N) is 3. The summed E-state index contributed by atoms with van der Waals surface area (Å²) in [5.74, 6) is -2.62. The second kappa shape index (κ2) is 8.86. The van der Waals surface area contributed by atoms with Crippen molar-refractivity contribution in [2.75, 3.05) is 5.32 Å². The molecule has 0 bridgehead atoms. The molecule has 28 heavy (non-hydrogen) atoms. The number of aromatic nitrogens is 1. The van der Waals surface area contributed by atoms with E-state index in [4.69, 9.17) is 10.4 Å². The van der Waals surface area contributed by atoms with E-state index in [9.17, 15) is 24.5 Å². The molecular formula is C17H13N5O6. The fourth-order valence-electron chi connectivity index (χ4n) is 2.10. The van der Waals surface area contributed by atoms with Gasteiger partial charge in [0.25, 0.3) is 11.6 Å². The molecule has 0 aliphatic heterocycles. The van der Waals surface area contributed by atoms with Crippen LogP contribution in [0.2, 0.25) is 0 Å². The number of nitrogens with one attached hydrogen (secondary N) is 2. The van der Waals surface area contributed by atoms with Crippen LogP contribution in [-0.4, -0.2) is 38.8 Å². The third kappa shape index (κ3) is 5.09. The first-order valence-corrected chi connectivity index (χ1v) is 7.74. The molecule has 0 fully saturated rings. The van der Waals surface area contributed by atoms with E-state index in [1.54, 1.807) is 6.07 Å². The third-order valence-electron chi connectivity index (χ3n) is 3.51. The standard InChI is InChI=1S/C17H13N5O6/c18-8-7-13(16(24)20-11-3-6-14(17(25)26)19-9-11)21-15(23)10-1-4-12(5-2-10)22(27)28/h1-6,9,13H,7H2,(H,20,24)(H,21,23)(H,25,26)/t13-/m0/s1. The number of amides is 2. The van der Waals surface area contributed by atoms with E-state index in [1.165, 1.54) is 24.3 Å². The second-order valence-corrected chi connectivity index (χ2v) is 5.42. The maximum absolute atomic E-state index is 12.3. The monoisotopic (exact) mass is 383 g/mol. The number of anilines is 1. The van der Waals surface area contributed by atoms with Crippen LogP contribution >= 0.6 is 0 Å². The first-order chi connectivity index (χ1) is 13.3. The van der Waals surface area contributed by atoms with Crippen molar-refractivity contribution in [3.63, 3.8) is 0 Å². The van der Waals surface area contributed by atoms with Crippen LogP contribution in [-0.2, 0) is 4.79 Å². The van der Waals surface area contributed by atoms with Crippen molar-refractivity contribution >= 4 is 29.2 Å². The number of hydrogen-bond donors (Lipinski definition) is 3. The van der Waals surface area contributed by atoms with Gasteiger partial charge in [-0.15, -0.1) is 0 Å². The van der Waals surface area contributed by atoms with Crippen molar-refractivity contribution in [1.29, 1.82) is 5.26 Å². The number of aromatic carboxylic acids is 1. The Hall–Kier alpha value is -4.33. The van der Waals surface area contributed by atoms with Gasteiger partial charge in [-0.1, -0.05) is 0 Å². The molecule has 11 heteroatoms. The van der Waals surface area contributed by atoms with E-state index < -0.39 is 28.7 Å². The molecule has 1 heterocycles. The number of hydrogen-bond acceptors (Lipinski definition) is 7. The normalized spacial score (nSPS) is 11.0. The molecule has 11 nitrogen and oxygen atoms in total. The van der Waals surface area contributed by atoms with Crippen molar-refractivity contribution in [3.05, 3.63) is 64.0 Å². The van der Waals surface area contributed by atoms with Crippen molar-refractivity contribution in [2.45, 2.75) is 12.5 Å². The molecule has 0 spiro atoms. The zero-order valence-electron chi connectivity index (χ0n) is 14.2. The smallest absolute Gasteiger partial charge is 0.354 e. The molecule has 0 radical (unpaired) electrons. The maximum Gasteiger partial charge on any atom is 0.354 e. The Morgan fingerprint density at radius 1 is 1.21 bits per heavy atom. The topological polar surface area (TPSA) is 175 Å². The number of nitro benzene ring substituents is 1. The van der Waals surface area contributed by atoms with Crippen molar-refractivity contribution in [1.82, 2.24) is 10.3 Å². The summed E-state index contributed by atoms with van der Waals surface area (Å²) >= 11 is 0.